The fourth-order valence-corrected chi connectivity index (χ4v) is 3.28. The van der Waals surface area contributed by atoms with Gasteiger partial charge in [0.05, 0.1) is 0 Å². The van der Waals surface area contributed by atoms with Crippen LogP contribution in [0.2, 0.25) is 0 Å². The van der Waals surface area contributed by atoms with Crippen LogP contribution in [-0.4, -0.2) is 5.48 Å². The fourth-order valence-electron chi connectivity index (χ4n) is 3.28. The Balaban J connectivity index is 0.000000459. The molecule has 0 radical (unpaired) electrons. The van der Waals surface area contributed by atoms with E-state index in [1.807, 2.05) is 19.4 Å². The van der Waals surface area contributed by atoms with Gasteiger partial charge in [-0.15, -0.1) is 0 Å². The summed E-state index contributed by atoms with van der Waals surface area (Å²) in [5, 5.41) is 0. The minimum absolute atomic E-state index is 0. The standard InChI is InChI=1S/C14H20.C2H6.H2O/c1-10-5-7-11(8-6-10)13-4-2-3-12-9-14(12)13;1-2;/h2-4,10-12,14H,5-9H2,1H3;1-2H3;1H2. The minimum Gasteiger partial charge on any atom is -0.412 e. The third-order valence-corrected chi connectivity index (χ3v) is 4.40. The van der Waals surface area contributed by atoms with Crippen LogP contribution in [0, 0.1) is 23.7 Å². The van der Waals surface area contributed by atoms with Gasteiger partial charge in [-0.3, -0.25) is 0 Å². The molecule has 2 saturated carbocycles. The molecule has 2 atom stereocenters. The molecule has 1 nitrogen and oxygen atoms in total. The summed E-state index contributed by atoms with van der Waals surface area (Å²) in [7, 11) is 0. The summed E-state index contributed by atoms with van der Waals surface area (Å²) in [6.07, 6.45) is 14.4. The van der Waals surface area contributed by atoms with E-state index >= 15 is 0 Å². The molecule has 0 bridgehead atoms. The van der Waals surface area contributed by atoms with Gasteiger partial charge >= 0.3 is 0 Å². The molecule has 2 N–H and O–H groups in total. The molecule has 0 aliphatic heterocycles. The SMILES string of the molecule is CC.CC1CCC(C2=CC=CC3CC23)CC1.O. The second-order valence-electron chi connectivity index (χ2n) is 5.51. The monoisotopic (exact) mass is 236 g/mol. The third-order valence-electron chi connectivity index (χ3n) is 4.40. The van der Waals surface area contributed by atoms with Gasteiger partial charge in [0.15, 0.2) is 0 Å². The molecule has 1 heteroatoms. The first kappa shape index (κ1) is 14.5. The van der Waals surface area contributed by atoms with Gasteiger partial charge in [-0.05, 0) is 42.9 Å². The summed E-state index contributed by atoms with van der Waals surface area (Å²) < 4.78 is 0. The van der Waals surface area contributed by atoms with E-state index in [4.69, 9.17) is 0 Å². The maximum atomic E-state index is 2.43. The number of allylic oxidation sites excluding steroid dienone is 4. The summed E-state index contributed by atoms with van der Waals surface area (Å²) in [4.78, 5) is 0. The predicted octanol–water partition coefficient (Wildman–Crippen LogP) is 4.15. The van der Waals surface area contributed by atoms with E-state index in [9.17, 15) is 0 Å². The number of hydrogen-bond acceptors (Lipinski definition) is 0. The second kappa shape index (κ2) is 6.39. The number of fused-ring (bicyclic) bond motifs is 1. The van der Waals surface area contributed by atoms with Gasteiger partial charge in [-0.2, -0.15) is 0 Å². The molecule has 0 spiro atoms. The second-order valence-corrected chi connectivity index (χ2v) is 5.51. The Kier molecular flexibility index (Phi) is 5.45. The zero-order chi connectivity index (χ0) is 11.5. The lowest BCUT2D eigenvalue weighted by Gasteiger charge is -2.29. The molecule has 0 aromatic carbocycles. The van der Waals surface area contributed by atoms with E-state index in [2.05, 4.69) is 25.2 Å². The molecule has 2 fully saturated rings. The molecule has 98 valence electrons. The van der Waals surface area contributed by atoms with E-state index in [0.717, 1.165) is 23.7 Å². The van der Waals surface area contributed by atoms with Crippen molar-refractivity contribution in [3.63, 3.8) is 0 Å². The van der Waals surface area contributed by atoms with Crippen LogP contribution in [-0.2, 0) is 0 Å². The van der Waals surface area contributed by atoms with E-state index in [1.54, 1.807) is 0 Å². The van der Waals surface area contributed by atoms with Crippen molar-refractivity contribution in [3.05, 3.63) is 23.8 Å². The lowest BCUT2D eigenvalue weighted by molar-refractivity contribution is 0.313. The topological polar surface area (TPSA) is 31.5 Å². The average Bonchev–Trinajstić information content (AvgIpc) is 3.11. The summed E-state index contributed by atoms with van der Waals surface area (Å²) in [6, 6.07) is 0. The first-order valence-corrected chi connectivity index (χ1v) is 7.23. The van der Waals surface area contributed by atoms with E-state index in [1.165, 1.54) is 32.1 Å². The van der Waals surface area contributed by atoms with Crippen LogP contribution in [0.25, 0.3) is 0 Å². The van der Waals surface area contributed by atoms with Crippen molar-refractivity contribution in [2.24, 2.45) is 23.7 Å². The lowest BCUT2D eigenvalue weighted by Crippen LogP contribution is -2.16. The maximum absolute atomic E-state index is 2.43. The average molecular weight is 236 g/mol. The Hall–Kier alpha value is -0.560. The summed E-state index contributed by atoms with van der Waals surface area (Å²) in [5.74, 6) is 3.85. The highest BCUT2D eigenvalue weighted by Crippen LogP contribution is 2.52. The highest BCUT2D eigenvalue weighted by Gasteiger charge is 2.41. The van der Waals surface area contributed by atoms with Crippen molar-refractivity contribution >= 4 is 0 Å². The number of rotatable bonds is 1. The minimum atomic E-state index is 0. The Labute approximate surface area is 106 Å². The molecule has 17 heavy (non-hydrogen) atoms. The molecule has 3 aliphatic carbocycles. The molecule has 3 aliphatic rings. The van der Waals surface area contributed by atoms with Crippen molar-refractivity contribution in [3.8, 4) is 0 Å². The van der Waals surface area contributed by atoms with E-state index in [0.29, 0.717) is 0 Å². The molecule has 2 unspecified atom stereocenters. The number of hydrogen-bond donors (Lipinski definition) is 0. The van der Waals surface area contributed by atoms with Crippen molar-refractivity contribution < 1.29 is 5.48 Å². The van der Waals surface area contributed by atoms with Crippen molar-refractivity contribution in [1.29, 1.82) is 0 Å². The Morgan fingerprint density at radius 2 is 1.71 bits per heavy atom. The van der Waals surface area contributed by atoms with Crippen molar-refractivity contribution in [2.75, 3.05) is 0 Å². The van der Waals surface area contributed by atoms with Crippen LogP contribution >= 0.6 is 0 Å². The van der Waals surface area contributed by atoms with Crippen molar-refractivity contribution in [1.82, 2.24) is 0 Å². The molecule has 0 saturated heterocycles. The summed E-state index contributed by atoms with van der Waals surface area (Å²) in [6.45, 7) is 6.41. The molecule has 0 aromatic rings. The summed E-state index contributed by atoms with van der Waals surface area (Å²) >= 11 is 0. The maximum Gasteiger partial charge on any atom is -0.0128 e. The Bertz CT molecular complexity index is 282. The summed E-state index contributed by atoms with van der Waals surface area (Å²) in [5.41, 5.74) is 1.81. The van der Waals surface area contributed by atoms with Gasteiger partial charge in [0.1, 0.15) is 0 Å². The lowest BCUT2D eigenvalue weighted by atomic mass is 9.77. The van der Waals surface area contributed by atoms with Gasteiger partial charge in [0.2, 0.25) is 0 Å². The molecule has 0 amide bonds. The molecular weight excluding hydrogens is 208 g/mol. The predicted molar refractivity (Wildman–Crippen MR) is 74.9 cm³/mol. The fraction of sp³-hybridized carbons (Fsp3) is 0.750. The first-order chi connectivity index (χ1) is 7.84. The van der Waals surface area contributed by atoms with Gasteiger partial charge in [0, 0.05) is 0 Å². The van der Waals surface area contributed by atoms with Gasteiger partial charge < -0.3 is 5.48 Å². The zero-order valence-corrected chi connectivity index (χ0v) is 11.6. The highest BCUT2D eigenvalue weighted by molar-refractivity contribution is 5.31. The highest BCUT2D eigenvalue weighted by atomic mass is 16.0. The first-order valence-electron chi connectivity index (χ1n) is 7.23. The quantitative estimate of drug-likeness (QED) is 0.655. The van der Waals surface area contributed by atoms with Crippen LogP contribution < -0.4 is 0 Å². The van der Waals surface area contributed by atoms with E-state index < -0.39 is 0 Å². The molecule has 0 heterocycles. The van der Waals surface area contributed by atoms with Gasteiger partial charge in [0.25, 0.3) is 0 Å². The Morgan fingerprint density at radius 1 is 1.06 bits per heavy atom. The van der Waals surface area contributed by atoms with Gasteiger partial charge in [-0.25, -0.2) is 0 Å². The molecule has 3 rings (SSSR count). The Morgan fingerprint density at radius 3 is 2.35 bits per heavy atom. The third kappa shape index (κ3) is 3.22. The van der Waals surface area contributed by atoms with Crippen LogP contribution in [0.5, 0.6) is 0 Å². The van der Waals surface area contributed by atoms with Crippen molar-refractivity contribution in [2.45, 2.75) is 52.9 Å². The van der Waals surface area contributed by atoms with Crippen LogP contribution in [0.1, 0.15) is 52.9 Å². The largest absolute Gasteiger partial charge is 0.412 e. The van der Waals surface area contributed by atoms with Crippen LogP contribution in [0.15, 0.2) is 23.8 Å². The normalized spacial score (nSPS) is 37.9. The molecule has 0 aromatic heterocycles. The van der Waals surface area contributed by atoms with Gasteiger partial charge in [-0.1, -0.05) is 57.4 Å². The van der Waals surface area contributed by atoms with Crippen LogP contribution in [0.3, 0.4) is 0 Å². The molecular formula is C16H28O. The zero-order valence-electron chi connectivity index (χ0n) is 11.6. The van der Waals surface area contributed by atoms with E-state index in [-0.39, 0.29) is 5.48 Å². The van der Waals surface area contributed by atoms with Crippen LogP contribution in [0.4, 0.5) is 0 Å². The smallest absolute Gasteiger partial charge is 0.0128 e.